The highest BCUT2D eigenvalue weighted by molar-refractivity contribution is 5.90. The van der Waals surface area contributed by atoms with Gasteiger partial charge in [0.25, 0.3) is 0 Å². The molecule has 80 valence electrons. The van der Waals surface area contributed by atoms with Crippen molar-refractivity contribution in [3.8, 4) is 0 Å². The van der Waals surface area contributed by atoms with Gasteiger partial charge in [-0.15, -0.1) is 0 Å². The van der Waals surface area contributed by atoms with E-state index in [4.69, 9.17) is 4.74 Å². The normalized spacial score (nSPS) is 19.7. The van der Waals surface area contributed by atoms with Crippen molar-refractivity contribution in [3.63, 3.8) is 0 Å². The highest BCUT2D eigenvalue weighted by Crippen LogP contribution is 2.33. The molecular formula is C12H15NO2. The molecule has 15 heavy (non-hydrogen) atoms. The van der Waals surface area contributed by atoms with E-state index in [-0.39, 0.29) is 12.2 Å². The Morgan fingerprint density at radius 2 is 2.13 bits per heavy atom. The Hall–Kier alpha value is -1.51. The maximum absolute atomic E-state index is 11.7. The number of ether oxygens (including phenoxy) is 1. The molecule has 2 rings (SSSR count). The Morgan fingerprint density at radius 1 is 1.40 bits per heavy atom. The second-order valence-corrected chi connectivity index (χ2v) is 3.74. The molecule has 3 heteroatoms. The minimum Gasteiger partial charge on any atom is -0.441 e. The number of hydrogen-bond donors (Lipinski definition) is 0. The van der Waals surface area contributed by atoms with Gasteiger partial charge in [0.05, 0.1) is 5.69 Å². The molecule has 1 amide bonds. The molecule has 3 nitrogen and oxygen atoms in total. The Balaban J connectivity index is 2.42. The SMILES string of the molecule is CCCN1C(=O)OC(C)c2ccccc21. The van der Waals surface area contributed by atoms with Crippen LogP contribution in [-0.4, -0.2) is 12.6 Å². The maximum Gasteiger partial charge on any atom is 0.414 e. The van der Waals surface area contributed by atoms with Crippen molar-refractivity contribution < 1.29 is 9.53 Å². The number of fused-ring (bicyclic) bond motifs is 1. The fraction of sp³-hybridized carbons (Fsp3) is 0.417. The van der Waals surface area contributed by atoms with E-state index in [0.717, 1.165) is 17.7 Å². The van der Waals surface area contributed by atoms with Gasteiger partial charge >= 0.3 is 6.09 Å². The van der Waals surface area contributed by atoms with Crippen LogP contribution in [0.1, 0.15) is 31.9 Å². The standard InChI is InChI=1S/C12H15NO2/c1-3-8-13-11-7-5-4-6-10(11)9(2)15-12(13)14/h4-7,9H,3,8H2,1-2H3. The number of anilines is 1. The summed E-state index contributed by atoms with van der Waals surface area (Å²) in [4.78, 5) is 13.4. The lowest BCUT2D eigenvalue weighted by Gasteiger charge is -2.32. The first-order valence-corrected chi connectivity index (χ1v) is 5.31. The summed E-state index contributed by atoms with van der Waals surface area (Å²) in [6.07, 6.45) is 0.558. The number of carbonyl (C=O) groups is 1. The summed E-state index contributed by atoms with van der Waals surface area (Å²) in [5.41, 5.74) is 2.08. The second-order valence-electron chi connectivity index (χ2n) is 3.74. The lowest BCUT2D eigenvalue weighted by Crippen LogP contribution is -2.37. The van der Waals surface area contributed by atoms with Crippen LogP contribution >= 0.6 is 0 Å². The van der Waals surface area contributed by atoms with E-state index in [1.165, 1.54) is 0 Å². The quantitative estimate of drug-likeness (QED) is 0.742. The molecular weight excluding hydrogens is 190 g/mol. The van der Waals surface area contributed by atoms with Crippen molar-refractivity contribution in [2.24, 2.45) is 0 Å². The molecule has 0 aliphatic carbocycles. The summed E-state index contributed by atoms with van der Waals surface area (Å²) in [6, 6.07) is 7.91. The first-order valence-electron chi connectivity index (χ1n) is 5.31. The van der Waals surface area contributed by atoms with Gasteiger partial charge in [0.2, 0.25) is 0 Å². The van der Waals surface area contributed by atoms with Crippen LogP contribution in [0.4, 0.5) is 10.5 Å². The molecule has 1 heterocycles. The van der Waals surface area contributed by atoms with Gasteiger partial charge in [0, 0.05) is 12.1 Å². The average molecular weight is 205 g/mol. The molecule has 1 aliphatic rings. The highest BCUT2D eigenvalue weighted by atomic mass is 16.6. The van der Waals surface area contributed by atoms with E-state index >= 15 is 0 Å². The van der Waals surface area contributed by atoms with Gasteiger partial charge in [-0.1, -0.05) is 25.1 Å². The molecule has 1 aliphatic heterocycles. The molecule has 0 saturated heterocycles. The van der Waals surface area contributed by atoms with E-state index in [2.05, 4.69) is 0 Å². The monoisotopic (exact) mass is 205 g/mol. The van der Waals surface area contributed by atoms with Crippen molar-refractivity contribution in [1.29, 1.82) is 0 Å². The number of carbonyl (C=O) groups excluding carboxylic acids is 1. The number of rotatable bonds is 2. The summed E-state index contributed by atoms with van der Waals surface area (Å²) in [7, 11) is 0. The third-order valence-corrected chi connectivity index (χ3v) is 2.61. The zero-order chi connectivity index (χ0) is 10.8. The van der Waals surface area contributed by atoms with E-state index in [1.807, 2.05) is 38.1 Å². The number of nitrogens with zero attached hydrogens (tertiary/aromatic N) is 1. The van der Waals surface area contributed by atoms with Crippen molar-refractivity contribution >= 4 is 11.8 Å². The summed E-state index contributed by atoms with van der Waals surface area (Å²) in [5.74, 6) is 0. The topological polar surface area (TPSA) is 29.5 Å². The molecule has 1 unspecified atom stereocenters. The lowest BCUT2D eigenvalue weighted by molar-refractivity contribution is 0.108. The molecule has 0 bridgehead atoms. The van der Waals surface area contributed by atoms with E-state index < -0.39 is 0 Å². The Morgan fingerprint density at radius 3 is 2.87 bits per heavy atom. The summed E-state index contributed by atoms with van der Waals surface area (Å²) in [5, 5.41) is 0. The predicted molar refractivity (Wildman–Crippen MR) is 59.0 cm³/mol. The zero-order valence-electron chi connectivity index (χ0n) is 9.06. The fourth-order valence-corrected chi connectivity index (χ4v) is 1.89. The number of benzene rings is 1. The first-order chi connectivity index (χ1) is 7.24. The van der Waals surface area contributed by atoms with Crippen LogP contribution in [0.2, 0.25) is 0 Å². The van der Waals surface area contributed by atoms with E-state index in [0.29, 0.717) is 6.54 Å². The Bertz CT molecular complexity index is 376. The van der Waals surface area contributed by atoms with Crippen LogP contribution in [0, 0.1) is 0 Å². The van der Waals surface area contributed by atoms with Gasteiger partial charge in [-0.25, -0.2) is 4.79 Å². The van der Waals surface area contributed by atoms with Crippen LogP contribution < -0.4 is 4.90 Å². The van der Waals surface area contributed by atoms with Crippen molar-refractivity contribution in [3.05, 3.63) is 29.8 Å². The highest BCUT2D eigenvalue weighted by Gasteiger charge is 2.28. The smallest absolute Gasteiger partial charge is 0.414 e. The van der Waals surface area contributed by atoms with Gasteiger partial charge in [-0.2, -0.15) is 0 Å². The number of para-hydroxylation sites is 1. The van der Waals surface area contributed by atoms with Gasteiger partial charge in [-0.05, 0) is 19.4 Å². The van der Waals surface area contributed by atoms with Crippen LogP contribution in [0.3, 0.4) is 0 Å². The third kappa shape index (κ3) is 1.69. The van der Waals surface area contributed by atoms with Crippen molar-refractivity contribution in [2.45, 2.75) is 26.4 Å². The fourth-order valence-electron chi connectivity index (χ4n) is 1.89. The van der Waals surface area contributed by atoms with Gasteiger partial charge in [-0.3, -0.25) is 4.90 Å². The molecule has 1 aromatic carbocycles. The number of amides is 1. The van der Waals surface area contributed by atoms with Gasteiger partial charge < -0.3 is 4.74 Å². The second kappa shape index (κ2) is 3.93. The maximum atomic E-state index is 11.7. The number of hydrogen-bond acceptors (Lipinski definition) is 2. The molecule has 0 N–H and O–H groups in total. The van der Waals surface area contributed by atoms with Crippen LogP contribution in [0.15, 0.2) is 24.3 Å². The van der Waals surface area contributed by atoms with Crippen LogP contribution in [0.25, 0.3) is 0 Å². The molecule has 0 aromatic heterocycles. The van der Waals surface area contributed by atoms with Crippen molar-refractivity contribution in [1.82, 2.24) is 0 Å². The van der Waals surface area contributed by atoms with Crippen LogP contribution in [-0.2, 0) is 4.74 Å². The average Bonchev–Trinajstić information content (AvgIpc) is 2.24. The Labute approximate surface area is 89.7 Å². The largest absolute Gasteiger partial charge is 0.441 e. The predicted octanol–water partition coefficient (Wildman–Crippen LogP) is 3.11. The lowest BCUT2D eigenvalue weighted by atomic mass is 10.1. The van der Waals surface area contributed by atoms with E-state index in [9.17, 15) is 4.79 Å². The molecule has 1 atom stereocenters. The summed E-state index contributed by atoms with van der Waals surface area (Å²) in [6.45, 7) is 4.66. The first kappa shape index (κ1) is 10.0. The zero-order valence-corrected chi connectivity index (χ0v) is 9.06. The van der Waals surface area contributed by atoms with Crippen molar-refractivity contribution in [2.75, 3.05) is 11.4 Å². The molecule has 0 saturated carbocycles. The summed E-state index contributed by atoms with van der Waals surface area (Å²) < 4.78 is 5.26. The summed E-state index contributed by atoms with van der Waals surface area (Å²) >= 11 is 0. The van der Waals surface area contributed by atoms with Crippen LogP contribution in [0.5, 0.6) is 0 Å². The number of cyclic esters (lactones) is 1. The van der Waals surface area contributed by atoms with Gasteiger partial charge in [0.1, 0.15) is 6.10 Å². The Kier molecular flexibility index (Phi) is 2.62. The molecule has 1 aromatic rings. The molecule has 0 radical (unpaired) electrons. The molecule has 0 fully saturated rings. The minimum absolute atomic E-state index is 0.137. The molecule has 0 spiro atoms. The van der Waals surface area contributed by atoms with Gasteiger partial charge in [0.15, 0.2) is 0 Å². The minimum atomic E-state index is -0.233. The van der Waals surface area contributed by atoms with E-state index in [1.54, 1.807) is 4.90 Å². The third-order valence-electron chi connectivity index (χ3n) is 2.61.